The van der Waals surface area contributed by atoms with Gasteiger partial charge in [0.15, 0.2) is 11.5 Å². The van der Waals surface area contributed by atoms with Crippen LogP contribution in [0, 0.1) is 11.7 Å². The van der Waals surface area contributed by atoms with Crippen LogP contribution < -0.4 is 18.9 Å². The Balaban J connectivity index is 1.40. The van der Waals surface area contributed by atoms with E-state index >= 15 is 0 Å². The second-order valence-corrected chi connectivity index (χ2v) is 12.8. The zero-order chi connectivity index (χ0) is 30.7. The molecule has 3 atom stereocenters. The number of hydrogen-bond acceptors (Lipinski definition) is 8. The molecule has 43 heavy (non-hydrogen) atoms. The average molecular weight is 614 g/mol. The van der Waals surface area contributed by atoms with Crippen molar-refractivity contribution in [3.8, 4) is 17.2 Å². The second kappa shape index (κ2) is 12.8. The highest BCUT2D eigenvalue weighted by atomic mass is 32.2. The molecule has 10 nitrogen and oxygen atoms in total. The molecule has 0 aromatic heterocycles. The molecule has 230 valence electrons. The van der Waals surface area contributed by atoms with Crippen LogP contribution in [0.5, 0.6) is 17.2 Å². The number of anilines is 1. The molecule has 0 bridgehead atoms. The van der Waals surface area contributed by atoms with Gasteiger partial charge in [0.25, 0.3) is 10.0 Å². The first-order valence-electron chi connectivity index (χ1n) is 14.1. The molecule has 2 N–H and O–H groups in total. The van der Waals surface area contributed by atoms with Crippen LogP contribution in [0.25, 0.3) is 0 Å². The topological polar surface area (TPSA) is 118 Å². The summed E-state index contributed by atoms with van der Waals surface area (Å²) in [6.45, 7) is 5.34. The lowest BCUT2D eigenvalue weighted by molar-refractivity contribution is -0.134. The minimum atomic E-state index is -4.00. The highest BCUT2D eigenvalue weighted by Crippen LogP contribution is 2.33. The van der Waals surface area contributed by atoms with Crippen molar-refractivity contribution in [1.82, 2.24) is 9.80 Å². The highest BCUT2D eigenvalue weighted by molar-refractivity contribution is 7.92. The molecule has 0 saturated heterocycles. The molecular weight excluding hydrogens is 577 g/mol. The van der Waals surface area contributed by atoms with E-state index in [-0.39, 0.29) is 48.3 Å². The maximum Gasteiger partial charge on any atom is 0.261 e. The minimum Gasteiger partial charge on any atom is -0.488 e. The van der Waals surface area contributed by atoms with E-state index in [1.807, 2.05) is 32.2 Å². The Morgan fingerprint density at radius 3 is 2.53 bits per heavy atom. The van der Waals surface area contributed by atoms with Crippen molar-refractivity contribution >= 4 is 21.6 Å². The lowest BCUT2D eigenvalue weighted by atomic mass is 10.0. The fraction of sp³-hybridized carbons (Fsp3) is 0.387. The fourth-order valence-electron chi connectivity index (χ4n) is 5.26. The Morgan fingerprint density at radius 1 is 1.07 bits per heavy atom. The molecule has 5 rings (SSSR count). The molecule has 0 saturated carbocycles. The molecule has 12 heteroatoms. The summed E-state index contributed by atoms with van der Waals surface area (Å²) in [5, 5.41) is 9.91. The van der Waals surface area contributed by atoms with Gasteiger partial charge in [0.2, 0.25) is 12.7 Å². The highest BCUT2D eigenvalue weighted by Gasteiger charge is 2.31. The van der Waals surface area contributed by atoms with Gasteiger partial charge in [-0.3, -0.25) is 14.4 Å². The summed E-state index contributed by atoms with van der Waals surface area (Å²) in [6.07, 6.45) is -0.378. The SMILES string of the molecule is C[C@H](CO)N1C[C@H](C)[C@@H](CN(C)Cc2ccc3c(c2)OCO3)Oc2ccc(NS(=O)(=O)c3ccc(F)cc3)cc2CC1=O. The third-order valence-corrected chi connectivity index (χ3v) is 9.07. The number of carbonyl (C=O) groups excluding carboxylic acids is 1. The number of hydrogen-bond donors (Lipinski definition) is 2. The number of ether oxygens (including phenoxy) is 3. The van der Waals surface area contributed by atoms with E-state index in [4.69, 9.17) is 14.2 Å². The molecule has 0 radical (unpaired) electrons. The number of amides is 1. The first kappa shape index (κ1) is 30.6. The van der Waals surface area contributed by atoms with Crippen LogP contribution in [0.4, 0.5) is 10.1 Å². The van der Waals surface area contributed by atoms with Crippen LogP contribution in [0.15, 0.2) is 65.6 Å². The molecule has 1 amide bonds. The fourth-order valence-corrected chi connectivity index (χ4v) is 6.31. The average Bonchev–Trinajstić information content (AvgIpc) is 3.45. The molecule has 0 spiro atoms. The third-order valence-electron chi connectivity index (χ3n) is 7.67. The van der Waals surface area contributed by atoms with Gasteiger partial charge in [0, 0.05) is 36.8 Å². The van der Waals surface area contributed by atoms with Crippen LogP contribution in [0.1, 0.15) is 25.0 Å². The summed E-state index contributed by atoms with van der Waals surface area (Å²) in [5.41, 5.74) is 1.80. The van der Waals surface area contributed by atoms with Gasteiger partial charge < -0.3 is 24.2 Å². The molecule has 0 aliphatic carbocycles. The molecule has 2 aliphatic heterocycles. The summed E-state index contributed by atoms with van der Waals surface area (Å²) in [7, 11) is -2.01. The number of nitrogens with one attached hydrogen (secondary N) is 1. The largest absolute Gasteiger partial charge is 0.488 e. The van der Waals surface area contributed by atoms with Gasteiger partial charge in [-0.15, -0.1) is 0 Å². The van der Waals surface area contributed by atoms with Crippen LogP contribution in [-0.2, 0) is 27.8 Å². The Labute approximate surface area is 251 Å². The van der Waals surface area contributed by atoms with Crippen LogP contribution >= 0.6 is 0 Å². The summed E-state index contributed by atoms with van der Waals surface area (Å²) >= 11 is 0. The molecule has 3 aromatic rings. The maximum atomic E-state index is 13.5. The van der Waals surface area contributed by atoms with Crippen molar-refractivity contribution in [3.05, 3.63) is 77.6 Å². The molecule has 0 fully saturated rings. The summed E-state index contributed by atoms with van der Waals surface area (Å²) in [6, 6.07) is 14.8. The number of nitrogens with zero attached hydrogens (tertiary/aromatic N) is 2. The summed E-state index contributed by atoms with van der Waals surface area (Å²) in [4.78, 5) is 17.2. The van der Waals surface area contributed by atoms with Crippen molar-refractivity contribution in [2.45, 2.75) is 43.9 Å². The number of aliphatic hydroxyl groups is 1. The van der Waals surface area contributed by atoms with E-state index < -0.39 is 21.9 Å². The number of sulfonamides is 1. The Morgan fingerprint density at radius 2 is 1.79 bits per heavy atom. The van der Waals surface area contributed by atoms with E-state index in [2.05, 4.69) is 9.62 Å². The zero-order valence-corrected chi connectivity index (χ0v) is 25.1. The minimum absolute atomic E-state index is 0.0434. The predicted octanol–water partition coefficient (Wildman–Crippen LogP) is 3.64. The van der Waals surface area contributed by atoms with E-state index in [0.29, 0.717) is 36.7 Å². The Kier molecular flexibility index (Phi) is 9.09. The molecule has 2 aliphatic rings. The van der Waals surface area contributed by atoms with Crippen LogP contribution in [0.3, 0.4) is 0 Å². The lowest BCUT2D eigenvalue weighted by Crippen LogP contribution is -2.47. The number of rotatable bonds is 9. The normalized spacial score (nSPS) is 19.2. The number of fused-ring (bicyclic) bond motifs is 2. The monoisotopic (exact) mass is 613 g/mol. The molecule has 0 unspecified atom stereocenters. The molecule has 3 aromatic carbocycles. The Hall–Kier alpha value is -3.87. The van der Waals surface area contributed by atoms with Gasteiger partial charge in [0.05, 0.1) is 24.0 Å². The summed E-state index contributed by atoms with van der Waals surface area (Å²) in [5.74, 6) is 1.07. The quantitative estimate of drug-likeness (QED) is 0.376. The van der Waals surface area contributed by atoms with E-state index in [1.54, 1.807) is 30.0 Å². The smallest absolute Gasteiger partial charge is 0.261 e. The van der Waals surface area contributed by atoms with Gasteiger partial charge in [0.1, 0.15) is 17.7 Å². The van der Waals surface area contributed by atoms with Crippen molar-refractivity contribution in [2.24, 2.45) is 5.92 Å². The lowest BCUT2D eigenvalue weighted by Gasteiger charge is -2.34. The number of likely N-dealkylation sites (N-methyl/N-ethyl adjacent to an activating group) is 1. The first-order valence-corrected chi connectivity index (χ1v) is 15.6. The standard InChI is InChI=1S/C31H36FN3O7S/c1-20-15-35(21(2)18-36)31(37)14-23-13-25(33-43(38,39)26-8-5-24(32)6-9-26)7-11-27(23)42-30(20)17-34(3)16-22-4-10-28-29(12-22)41-19-40-28/h4-13,20-21,30,33,36H,14-19H2,1-3H3/t20-,21+,30+/m0/s1. The van der Waals surface area contributed by atoms with Crippen LogP contribution in [-0.4, -0.2) is 74.9 Å². The molecule has 2 heterocycles. The number of carbonyl (C=O) groups is 1. The maximum absolute atomic E-state index is 13.5. The van der Waals surface area contributed by atoms with Crippen LogP contribution in [0.2, 0.25) is 0 Å². The second-order valence-electron chi connectivity index (χ2n) is 11.2. The van der Waals surface area contributed by atoms with E-state index in [1.165, 1.54) is 12.1 Å². The number of benzene rings is 3. The van der Waals surface area contributed by atoms with Crippen molar-refractivity contribution in [3.63, 3.8) is 0 Å². The van der Waals surface area contributed by atoms with Crippen molar-refractivity contribution < 1.29 is 36.9 Å². The van der Waals surface area contributed by atoms with E-state index in [9.17, 15) is 22.7 Å². The number of halogens is 1. The van der Waals surface area contributed by atoms with Crippen molar-refractivity contribution in [2.75, 3.05) is 38.3 Å². The van der Waals surface area contributed by atoms with E-state index in [0.717, 1.165) is 23.4 Å². The predicted molar refractivity (Wildman–Crippen MR) is 158 cm³/mol. The third kappa shape index (κ3) is 7.20. The van der Waals surface area contributed by atoms with Gasteiger partial charge in [-0.05, 0) is 74.1 Å². The van der Waals surface area contributed by atoms with Crippen molar-refractivity contribution in [1.29, 1.82) is 0 Å². The van der Waals surface area contributed by atoms with Gasteiger partial charge in [-0.25, -0.2) is 12.8 Å². The summed E-state index contributed by atoms with van der Waals surface area (Å²) < 4.78 is 59.2. The zero-order valence-electron chi connectivity index (χ0n) is 24.3. The van der Waals surface area contributed by atoms with Gasteiger partial charge >= 0.3 is 0 Å². The number of aliphatic hydroxyl groups excluding tert-OH is 1. The van der Waals surface area contributed by atoms with Gasteiger partial charge in [-0.1, -0.05) is 13.0 Å². The Bertz CT molecular complexity index is 1570. The first-order chi connectivity index (χ1) is 20.5. The van der Waals surface area contributed by atoms with Gasteiger partial charge in [-0.2, -0.15) is 0 Å². The molecular formula is C31H36FN3O7S.